The zero-order chi connectivity index (χ0) is 42.7. The first-order valence-electron chi connectivity index (χ1n) is 21.5. The van der Waals surface area contributed by atoms with Crippen molar-refractivity contribution < 1.29 is 0 Å². The van der Waals surface area contributed by atoms with Crippen molar-refractivity contribution in [2.45, 2.75) is 92.2 Å². The number of hydrogen-bond donors (Lipinski definition) is 0. The van der Waals surface area contributed by atoms with Crippen molar-refractivity contribution >= 4 is 24.3 Å². The highest BCUT2D eigenvalue weighted by atomic mass is 15.4. The number of benzene rings is 2. The summed E-state index contributed by atoms with van der Waals surface area (Å²) in [6, 6.07) is 25.6. The summed E-state index contributed by atoms with van der Waals surface area (Å²) >= 11 is 0. The van der Waals surface area contributed by atoms with Crippen LogP contribution in [0.2, 0.25) is 0 Å². The van der Waals surface area contributed by atoms with E-state index in [0.717, 1.165) is 108 Å². The Morgan fingerprint density at radius 3 is 1.35 bits per heavy atom. The summed E-state index contributed by atoms with van der Waals surface area (Å²) in [6.45, 7) is 14.1. The second-order valence-corrected chi connectivity index (χ2v) is 16.5. The lowest BCUT2D eigenvalue weighted by Crippen LogP contribution is -2.18. The number of aryl methyl sites for hydroxylation is 8. The van der Waals surface area contributed by atoms with Crippen LogP contribution in [0.3, 0.4) is 0 Å². The van der Waals surface area contributed by atoms with Gasteiger partial charge in [0.05, 0.1) is 58.2 Å². The summed E-state index contributed by atoms with van der Waals surface area (Å²) in [5.41, 5.74) is 13.0. The first-order chi connectivity index (χ1) is 30.1. The van der Waals surface area contributed by atoms with Crippen LogP contribution >= 0.6 is 0 Å². The largest absolute Gasteiger partial charge is 0.304 e. The second kappa shape index (κ2) is 17.5. The van der Waals surface area contributed by atoms with Gasteiger partial charge >= 0.3 is 0 Å². The Morgan fingerprint density at radius 2 is 0.968 bits per heavy atom. The van der Waals surface area contributed by atoms with Crippen molar-refractivity contribution in [3.8, 4) is 11.4 Å². The molecule has 0 saturated heterocycles. The van der Waals surface area contributed by atoms with Gasteiger partial charge in [-0.2, -0.15) is 10.2 Å². The van der Waals surface area contributed by atoms with Gasteiger partial charge in [-0.05, 0) is 127 Å². The number of imidazole rings is 2. The van der Waals surface area contributed by atoms with Gasteiger partial charge in [0.25, 0.3) is 0 Å². The van der Waals surface area contributed by atoms with Crippen molar-refractivity contribution in [1.82, 2.24) is 58.6 Å². The van der Waals surface area contributed by atoms with E-state index in [1.807, 2.05) is 98.3 Å². The summed E-state index contributed by atoms with van der Waals surface area (Å²) in [6.07, 6.45) is 20.0. The van der Waals surface area contributed by atoms with Crippen molar-refractivity contribution in [3.05, 3.63) is 178 Å². The van der Waals surface area contributed by atoms with Gasteiger partial charge in [-0.3, -0.25) is 9.97 Å². The molecule has 0 unspecified atom stereocenters. The Hall–Kier alpha value is -7.08. The first kappa shape index (κ1) is 40.3. The summed E-state index contributed by atoms with van der Waals surface area (Å²) in [4.78, 5) is 27.8. The van der Waals surface area contributed by atoms with E-state index in [1.54, 1.807) is 0 Å². The molecular formula is C50H52N12. The smallest absolute Gasteiger partial charge is 0.174 e. The molecule has 12 heteroatoms. The second-order valence-electron chi connectivity index (χ2n) is 16.5. The lowest BCUT2D eigenvalue weighted by molar-refractivity contribution is 0.445. The molecule has 0 spiro atoms. The molecule has 10 rings (SSSR count). The van der Waals surface area contributed by atoms with E-state index >= 15 is 0 Å². The van der Waals surface area contributed by atoms with Gasteiger partial charge in [-0.15, -0.1) is 0 Å². The van der Waals surface area contributed by atoms with Crippen LogP contribution in [0.4, 0.5) is 0 Å². The lowest BCUT2D eigenvalue weighted by Gasteiger charge is -2.22. The first-order valence-corrected chi connectivity index (χ1v) is 21.5. The number of pyridine rings is 2. The number of hydrogen-bond acceptors (Lipinski definition) is 8. The maximum Gasteiger partial charge on any atom is 0.174 e. The van der Waals surface area contributed by atoms with Crippen LogP contribution in [-0.2, 0) is 13.1 Å². The molecule has 0 radical (unpaired) electrons. The van der Waals surface area contributed by atoms with Crippen molar-refractivity contribution in [2.24, 2.45) is 0 Å². The van der Waals surface area contributed by atoms with Gasteiger partial charge in [-0.1, -0.05) is 59.7 Å². The molecule has 0 bridgehead atoms. The van der Waals surface area contributed by atoms with Gasteiger partial charge < -0.3 is 9.13 Å². The Bertz CT molecular complexity index is 2720. The van der Waals surface area contributed by atoms with Gasteiger partial charge in [0.2, 0.25) is 0 Å². The lowest BCUT2D eigenvalue weighted by atomic mass is 9.90. The summed E-state index contributed by atoms with van der Waals surface area (Å²) in [7, 11) is 0. The predicted molar refractivity (Wildman–Crippen MR) is 244 cm³/mol. The fourth-order valence-corrected chi connectivity index (χ4v) is 8.59. The van der Waals surface area contributed by atoms with Crippen LogP contribution in [0.5, 0.6) is 0 Å². The number of nitrogens with zero attached hydrogens (tertiary/aromatic N) is 12. The minimum Gasteiger partial charge on any atom is -0.304 e. The summed E-state index contributed by atoms with van der Waals surface area (Å²) in [5, 5.41) is 9.47. The highest BCUT2D eigenvalue weighted by Gasteiger charge is 2.26. The molecule has 0 saturated carbocycles. The van der Waals surface area contributed by atoms with Crippen molar-refractivity contribution in [1.29, 1.82) is 0 Å². The molecule has 6 aromatic heterocycles. The standard InChI is InChI=1S/2C25H26N6/c2*1-17-6-4-7-20(14-17)22-8-5-13-31-25(22)28-24(29-31)12-10-21-9-11-23(19(3)27-21)30-15-18(2)26-16-30/h2*4,6-7,9-12,14-16,22H,5,8,13H2,1-3H3/b2*12-10+/t2*22-/m10/s1. The van der Waals surface area contributed by atoms with Gasteiger partial charge in [0.1, 0.15) is 11.6 Å². The molecule has 0 amide bonds. The van der Waals surface area contributed by atoms with E-state index in [0.29, 0.717) is 11.8 Å². The fraction of sp³-hybridized carbons (Fsp3) is 0.280. The van der Waals surface area contributed by atoms with E-state index in [4.69, 9.17) is 30.1 Å². The number of aromatic nitrogens is 12. The SMILES string of the molecule is Cc1cccc([C@@H]2CCCn3nc(/C=C/c4ccc(-n5cnc(C)c5)c(C)n4)nc32)c1.Cc1cccc([C@H]2CCCn3nc(/C=C/c4ccc(-n5cnc(C)c5)c(C)n4)nc32)c1. The minimum absolute atomic E-state index is 0.307. The molecule has 0 N–H and O–H groups in total. The van der Waals surface area contributed by atoms with Crippen LogP contribution in [0.25, 0.3) is 35.7 Å². The highest BCUT2D eigenvalue weighted by molar-refractivity contribution is 5.66. The molecule has 8 aromatic rings. The third-order valence-electron chi connectivity index (χ3n) is 11.6. The highest BCUT2D eigenvalue weighted by Crippen LogP contribution is 2.34. The maximum absolute atomic E-state index is 4.87. The zero-order valence-corrected chi connectivity index (χ0v) is 36.3. The van der Waals surface area contributed by atoms with E-state index in [-0.39, 0.29) is 0 Å². The maximum atomic E-state index is 4.87. The average molecular weight is 821 g/mol. The van der Waals surface area contributed by atoms with Crippen LogP contribution in [0.15, 0.2) is 97.8 Å². The molecule has 2 aliphatic heterocycles. The molecule has 2 aromatic carbocycles. The van der Waals surface area contributed by atoms with Crippen LogP contribution < -0.4 is 0 Å². The molecule has 62 heavy (non-hydrogen) atoms. The molecule has 0 fully saturated rings. The molecular weight excluding hydrogens is 769 g/mol. The van der Waals surface area contributed by atoms with Crippen LogP contribution in [0, 0.1) is 41.5 Å². The molecule has 0 aliphatic carbocycles. The van der Waals surface area contributed by atoms with Gasteiger partial charge in [-0.25, -0.2) is 29.3 Å². The predicted octanol–water partition coefficient (Wildman–Crippen LogP) is 9.76. The molecule has 12 nitrogen and oxygen atoms in total. The topological polar surface area (TPSA) is 123 Å². The molecule has 2 aliphatic rings. The third kappa shape index (κ3) is 8.86. The molecule has 312 valence electrons. The average Bonchev–Trinajstić information content (AvgIpc) is 4.09. The third-order valence-corrected chi connectivity index (χ3v) is 11.6. The van der Waals surface area contributed by atoms with Crippen LogP contribution in [-0.4, -0.2) is 58.6 Å². The summed E-state index contributed by atoms with van der Waals surface area (Å²) < 4.78 is 8.14. The molecule has 8 heterocycles. The summed E-state index contributed by atoms with van der Waals surface area (Å²) in [5.74, 6) is 4.22. The van der Waals surface area contributed by atoms with E-state index in [1.165, 1.54) is 22.3 Å². The number of fused-ring (bicyclic) bond motifs is 2. The fourth-order valence-electron chi connectivity index (χ4n) is 8.59. The quantitative estimate of drug-likeness (QED) is 0.149. The molecule has 2 atom stereocenters. The van der Waals surface area contributed by atoms with Crippen molar-refractivity contribution in [3.63, 3.8) is 0 Å². The zero-order valence-electron chi connectivity index (χ0n) is 36.3. The van der Waals surface area contributed by atoms with E-state index in [9.17, 15) is 0 Å². The Balaban J connectivity index is 0.000000158. The monoisotopic (exact) mass is 820 g/mol. The van der Waals surface area contributed by atoms with Gasteiger partial charge in [0.15, 0.2) is 11.6 Å². The minimum atomic E-state index is 0.307. The van der Waals surface area contributed by atoms with E-state index in [2.05, 4.69) is 93.8 Å². The van der Waals surface area contributed by atoms with Gasteiger partial charge in [0, 0.05) is 37.3 Å². The Morgan fingerprint density at radius 1 is 0.516 bits per heavy atom. The van der Waals surface area contributed by atoms with Crippen molar-refractivity contribution in [2.75, 3.05) is 0 Å². The Kier molecular flexibility index (Phi) is 11.4. The normalized spacial score (nSPS) is 16.0. The van der Waals surface area contributed by atoms with E-state index < -0.39 is 0 Å². The Labute approximate surface area is 362 Å². The van der Waals surface area contributed by atoms with Crippen LogP contribution in [0.1, 0.15) is 117 Å². The number of rotatable bonds is 8.